The van der Waals surface area contributed by atoms with Crippen LogP contribution in [0.3, 0.4) is 0 Å². The molecule has 0 radical (unpaired) electrons. The summed E-state index contributed by atoms with van der Waals surface area (Å²) < 4.78 is 5.52. The van der Waals surface area contributed by atoms with Crippen molar-refractivity contribution in [1.82, 2.24) is 4.98 Å². The summed E-state index contributed by atoms with van der Waals surface area (Å²) in [6, 6.07) is 12.6. The first-order valence-electron chi connectivity index (χ1n) is 7.25. The number of aromatic nitrogens is 1. The van der Waals surface area contributed by atoms with E-state index in [0.29, 0.717) is 6.04 Å². The molecule has 4 rings (SSSR count). The van der Waals surface area contributed by atoms with Crippen LogP contribution in [0.5, 0.6) is 0 Å². The lowest BCUT2D eigenvalue weighted by atomic mass is 10.1. The van der Waals surface area contributed by atoms with Gasteiger partial charge in [0.25, 0.3) is 0 Å². The minimum absolute atomic E-state index is 0.545. The highest BCUT2D eigenvalue weighted by Gasteiger charge is 2.32. The number of hydrogen-bond donors (Lipinski definition) is 1. The zero-order chi connectivity index (χ0) is 14.2. The second kappa shape index (κ2) is 4.81. The van der Waals surface area contributed by atoms with Gasteiger partial charge >= 0.3 is 0 Å². The van der Waals surface area contributed by atoms with Crippen molar-refractivity contribution < 1.29 is 4.42 Å². The number of pyridine rings is 1. The van der Waals surface area contributed by atoms with Crippen LogP contribution in [-0.2, 0) is 6.54 Å². The molecule has 3 aromatic rings. The van der Waals surface area contributed by atoms with E-state index in [-0.39, 0.29) is 0 Å². The number of nitrogen functional groups attached to an aromatic ring is 1. The molecule has 0 aliphatic heterocycles. The first-order chi connectivity index (χ1) is 10.3. The second-order valence-electron chi connectivity index (χ2n) is 5.52. The van der Waals surface area contributed by atoms with Crippen molar-refractivity contribution in [1.29, 1.82) is 0 Å². The van der Waals surface area contributed by atoms with Crippen LogP contribution in [0.1, 0.15) is 18.6 Å². The van der Waals surface area contributed by atoms with Gasteiger partial charge in [0.15, 0.2) is 0 Å². The first-order valence-corrected chi connectivity index (χ1v) is 7.25. The Morgan fingerprint density at radius 1 is 1.19 bits per heavy atom. The molecule has 2 aromatic heterocycles. The van der Waals surface area contributed by atoms with Crippen LogP contribution < -0.4 is 10.6 Å². The Kier molecular flexibility index (Phi) is 2.81. The number of furan rings is 1. The third kappa shape index (κ3) is 2.23. The Morgan fingerprint density at radius 2 is 2.05 bits per heavy atom. The maximum atomic E-state index is 6.25. The Labute approximate surface area is 123 Å². The molecule has 0 amide bonds. The molecule has 4 nitrogen and oxygen atoms in total. The number of para-hydroxylation sites is 1. The van der Waals surface area contributed by atoms with Gasteiger partial charge in [0.1, 0.15) is 5.76 Å². The monoisotopic (exact) mass is 279 g/mol. The molecule has 21 heavy (non-hydrogen) atoms. The average molecular weight is 279 g/mol. The third-order valence-electron chi connectivity index (χ3n) is 3.96. The quantitative estimate of drug-likeness (QED) is 0.793. The number of nitrogens with zero attached hydrogens (tertiary/aromatic N) is 2. The fourth-order valence-electron chi connectivity index (χ4n) is 2.81. The molecule has 1 saturated carbocycles. The molecule has 2 heterocycles. The van der Waals surface area contributed by atoms with Crippen LogP contribution in [0.25, 0.3) is 10.9 Å². The van der Waals surface area contributed by atoms with Crippen LogP contribution in [0.15, 0.2) is 53.3 Å². The molecule has 1 aliphatic carbocycles. The van der Waals surface area contributed by atoms with Gasteiger partial charge in [-0.15, -0.1) is 0 Å². The van der Waals surface area contributed by atoms with Crippen LogP contribution in [0.4, 0.5) is 11.4 Å². The number of benzene rings is 1. The van der Waals surface area contributed by atoms with E-state index in [1.807, 2.05) is 30.3 Å². The molecule has 1 aliphatic rings. The Bertz CT molecular complexity index is 763. The zero-order valence-corrected chi connectivity index (χ0v) is 11.7. The summed E-state index contributed by atoms with van der Waals surface area (Å²) in [5.41, 5.74) is 9.04. The van der Waals surface area contributed by atoms with Crippen molar-refractivity contribution in [2.45, 2.75) is 25.4 Å². The van der Waals surface area contributed by atoms with E-state index in [9.17, 15) is 0 Å². The van der Waals surface area contributed by atoms with Gasteiger partial charge in [0, 0.05) is 11.4 Å². The van der Waals surface area contributed by atoms with Crippen molar-refractivity contribution in [3.05, 3.63) is 54.6 Å². The van der Waals surface area contributed by atoms with Gasteiger partial charge in [-0.05, 0) is 31.0 Å². The molecular weight excluding hydrogens is 262 g/mol. The van der Waals surface area contributed by atoms with Crippen LogP contribution in [0, 0.1) is 0 Å². The Hall–Kier alpha value is -2.49. The van der Waals surface area contributed by atoms with E-state index in [1.54, 1.807) is 12.5 Å². The number of hydrogen-bond acceptors (Lipinski definition) is 4. The lowest BCUT2D eigenvalue weighted by Crippen LogP contribution is -2.26. The minimum Gasteiger partial charge on any atom is -0.467 e. The normalized spacial score (nSPS) is 14.5. The molecule has 0 saturated heterocycles. The molecule has 106 valence electrons. The topological polar surface area (TPSA) is 55.3 Å². The molecule has 2 N–H and O–H groups in total. The van der Waals surface area contributed by atoms with Gasteiger partial charge in [0.05, 0.1) is 35.9 Å². The zero-order valence-electron chi connectivity index (χ0n) is 11.7. The van der Waals surface area contributed by atoms with E-state index >= 15 is 0 Å². The van der Waals surface area contributed by atoms with E-state index in [0.717, 1.165) is 34.6 Å². The maximum Gasteiger partial charge on any atom is 0.123 e. The van der Waals surface area contributed by atoms with Crippen molar-refractivity contribution in [2.24, 2.45) is 0 Å². The Morgan fingerprint density at radius 3 is 2.81 bits per heavy atom. The number of rotatable bonds is 4. The Balaban J connectivity index is 1.83. The van der Waals surface area contributed by atoms with Crippen LogP contribution in [0.2, 0.25) is 0 Å². The van der Waals surface area contributed by atoms with E-state index in [2.05, 4.69) is 16.0 Å². The second-order valence-corrected chi connectivity index (χ2v) is 5.52. The molecule has 0 atom stereocenters. The maximum absolute atomic E-state index is 6.25. The van der Waals surface area contributed by atoms with Gasteiger partial charge in [-0.1, -0.05) is 18.2 Å². The largest absolute Gasteiger partial charge is 0.467 e. The van der Waals surface area contributed by atoms with Gasteiger partial charge in [-0.3, -0.25) is 4.98 Å². The third-order valence-corrected chi connectivity index (χ3v) is 3.96. The van der Waals surface area contributed by atoms with Gasteiger partial charge in [0.2, 0.25) is 0 Å². The minimum atomic E-state index is 0.545. The lowest BCUT2D eigenvalue weighted by Gasteiger charge is -2.26. The van der Waals surface area contributed by atoms with E-state index in [1.165, 1.54) is 12.8 Å². The molecule has 1 aromatic carbocycles. The predicted molar refractivity (Wildman–Crippen MR) is 84.1 cm³/mol. The number of anilines is 2. The first kappa shape index (κ1) is 12.3. The summed E-state index contributed by atoms with van der Waals surface area (Å²) >= 11 is 0. The molecule has 0 unspecified atom stereocenters. The summed E-state index contributed by atoms with van der Waals surface area (Å²) in [6.07, 6.45) is 5.89. The van der Waals surface area contributed by atoms with Crippen LogP contribution in [-0.4, -0.2) is 11.0 Å². The SMILES string of the molecule is Nc1cnc2ccccc2c1N(Cc1ccco1)C1CC1. The summed E-state index contributed by atoms with van der Waals surface area (Å²) in [5, 5.41) is 1.11. The van der Waals surface area contributed by atoms with Crippen molar-refractivity contribution >= 4 is 22.3 Å². The van der Waals surface area contributed by atoms with Gasteiger partial charge in [-0.2, -0.15) is 0 Å². The lowest BCUT2D eigenvalue weighted by molar-refractivity contribution is 0.501. The fraction of sp³-hybridized carbons (Fsp3) is 0.235. The number of fused-ring (bicyclic) bond motifs is 1. The summed E-state index contributed by atoms with van der Waals surface area (Å²) in [6.45, 7) is 0.746. The number of nitrogens with two attached hydrogens (primary N) is 1. The van der Waals surface area contributed by atoms with Crippen molar-refractivity contribution in [3.8, 4) is 0 Å². The standard InChI is InChI=1S/C17H17N3O/c18-15-10-19-16-6-2-1-5-14(16)17(15)20(12-7-8-12)11-13-4-3-9-21-13/h1-6,9-10,12H,7-8,11,18H2. The molecule has 0 spiro atoms. The smallest absolute Gasteiger partial charge is 0.123 e. The van der Waals surface area contributed by atoms with Crippen molar-refractivity contribution in [2.75, 3.05) is 10.6 Å². The van der Waals surface area contributed by atoms with Gasteiger partial charge in [-0.25, -0.2) is 0 Å². The predicted octanol–water partition coefficient (Wildman–Crippen LogP) is 3.58. The van der Waals surface area contributed by atoms with Crippen LogP contribution >= 0.6 is 0 Å². The van der Waals surface area contributed by atoms with E-state index in [4.69, 9.17) is 10.2 Å². The van der Waals surface area contributed by atoms with E-state index < -0.39 is 0 Å². The highest BCUT2D eigenvalue weighted by atomic mass is 16.3. The molecular formula is C17H17N3O. The summed E-state index contributed by atoms with van der Waals surface area (Å²) in [5.74, 6) is 0.960. The van der Waals surface area contributed by atoms with Gasteiger partial charge < -0.3 is 15.1 Å². The molecule has 4 heteroatoms. The van der Waals surface area contributed by atoms with Crippen molar-refractivity contribution in [3.63, 3.8) is 0 Å². The highest BCUT2D eigenvalue weighted by Crippen LogP contribution is 2.39. The fourth-order valence-corrected chi connectivity index (χ4v) is 2.81. The summed E-state index contributed by atoms with van der Waals surface area (Å²) in [4.78, 5) is 6.78. The highest BCUT2D eigenvalue weighted by molar-refractivity contribution is 5.97. The molecule has 1 fully saturated rings. The molecule has 0 bridgehead atoms. The average Bonchev–Trinajstić information content (AvgIpc) is 3.23. The summed E-state index contributed by atoms with van der Waals surface area (Å²) in [7, 11) is 0.